The first kappa shape index (κ1) is 21.1. The standard InChI is InChI=1S/C23H31N3O3/c1-4-6-12-25-22(27)20(23(28)26(25)13-7-5-2)16-18-17-24(14-15-29-3)21-11-9-8-10-19(18)21/h8-11,16-17H,4-7,12-15H2,1-3H3. The van der Waals surface area contributed by atoms with Crippen molar-refractivity contribution < 1.29 is 14.3 Å². The summed E-state index contributed by atoms with van der Waals surface area (Å²) in [6, 6.07) is 8.04. The van der Waals surface area contributed by atoms with E-state index in [1.54, 1.807) is 23.2 Å². The number of nitrogens with zero attached hydrogens (tertiary/aromatic N) is 3. The predicted octanol–water partition coefficient (Wildman–Crippen LogP) is 3.86. The number of para-hydroxylation sites is 1. The monoisotopic (exact) mass is 397 g/mol. The van der Waals surface area contributed by atoms with Crippen LogP contribution in [0.5, 0.6) is 0 Å². The van der Waals surface area contributed by atoms with Crippen molar-refractivity contribution in [2.24, 2.45) is 0 Å². The summed E-state index contributed by atoms with van der Waals surface area (Å²) in [5, 5.41) is 4.30. The molecular formula is C23H31N3O3. The van der Waals surface area contributed by atoms with Gasteiger partial charge in [-0.25, -0.2) is 10.0 Å². The molecule has 1 aliphatic heterocycles. The van der Waals surface area contributed by atoms with E-state index in [2.05, 4.69) is 18.4 Å². The molecule has 1 saturated heterocycles. The maximum absolute atomic E-state index is 13.1. The number of carbonyl (C=O) groups is 2. The molecule has 2 aromatic rings. The van der Waals surface area contributed by atoms with Crippen molar-refractivity contribution in [3.63, 3.8) is 0 Å². The van der Waals surface area contributed by atoms with Crippen LogP contribution in [0.4, 0.5) is 0 Å². The first-order chi connectivity index (χ1) is 14.1. The number of hydrazine groups is 1. The highest BCUT2D eigenvalue weighted by Crippen LogP contribution is 2.28. The highest BCUT2D eigenvalue weighted by molar-refractivity contribution is 6.25. The SMILES string of the molecule is CCCCN1C(=O)C(=Cc2cn(CCOC)c3ccccc23)C(=O)N1CCCC. The lowest BCUT2D eigenvalue weighted by atomic mass is 10.1. The second-order valence-corrected chi connectivity index (χ2v) is 7.41. The highest BCUT2D eigenvalue weighted by atomic mass is 16.5. The van der Waals surface area contributed by atoms with E-state index in [1.807, 2.05) is 30.5 Å². The van der Waals surface area contributed by atoms with E-state index in [4.69, 9.17) is 4.74 Å². The fraction of sp³-hybridized carbons (Fsp3) is 0.478. The number of ether oxygens (including phenoxy) is 1. The third-order valence-electron chi connectivity index (χ3n) is 5.32. The maximum Gasteiger partial charge on any atom is 0.278 e. The zero-order valence-electron chi connectivity index (χ0n) is 17.7. The Labute approximate surface area is 172 Å². The lowest BCUT2D eigenvalue weighted by Gasteiger charge is -2.27. The number of benzene rings is 1. The number of carbonyl (C=O) groups excluding carboxylic acids is 2. The van der Waals surface area contributed by atoms with Crippen LogP contribution in [0.2, 0.25) is 0 Å². The van der Waals surface area contributed by atoms with Crippen molar-refractivity contribution in [2.75, 3.05) is 26.8 Å². The zero-order chi connectivity index (χ0) is 20.8. The molecule has 0 bridgehead atoms. The van der Waals surface area contributed by atoms with E-state index in [1.165, 1.54) is 0 Å². The Kier molecular flexibility index (Phi) is 7.09. The molecule has 6 nitrogen and oxygen atoms in total. The number of aromatic nitrogens is 1. The molecule has 0 N–H and O–H groups in total. The van der Waals surface area contributed by atoms with Gasteiger partial charge in [0.2, 0.25) is 0 Å². The van der Waals surface area contributed by atoms with Gasteiger partial charge in [0.25, 0.3) is 11.8 Å². The van der Waals surface area contributed by atoms with Crippen LogP contribution >= 0.6 is 0 Å². The minimum atomic E-state index is -0.187. The minimum Gasteiger partial charge on any atom is -0.383 e. The van der Waals surface area contributed by atoms with Crippen LogP contribution in [0.15, 0.2) is 36.0 Å². The number of hydrogen-bond acceptors (Lipinski definition) is 3. The molecule has 0 unspecified atom stereocenters. The molecule has 0 aliphatic carbocycles. The summed E-state index contributed by atoms with van der Waals surface area (Å²) in [7, 11) is 1.68. The van der Waals surface area contributed by atoms with E-state index in [0.717, 1.165) is 42.1 Å². The minimum absolute atomic E-state index is 0.187. The fourth-order valence-electron chi connectivity index (χ4n) is 3.69. The first-order valence-corrected chi connectivity index (χ1v) is 10.5. The Balaban J connectivity index is 1.98. The lowest BCUT2D eigenvalue weighted by Crippen LogP contribution is -2.42. The molecule has 0 atom stereocenters. The molecule has 0 radical (unpaired) electrons. The van der Waals surface area contributed by atoms with Gasteiger partial charge < -0.3 is 9.30 Å². The molecule has 156 valence electrons. The maximum atomic E-state index is 13.1. The average molecular weight is 398 g/mol. The predicted molar refractivity (Wildman–Crippen MR) is 115 cm³/mol. The van der Waals surface area contributed by atoms with Crippen LogP contribution in [0, 0.1) is 0 Å². The molecule has 1 aromatic carbocycles. The molecule has 2 amide bonds. The van der Waals surface area contributed by atoms with E-state index < -0.39 is 0 Å². The van der Waals surface area contributed by atoms with Crippen molar-refractivity contribution in [3.8, 4) is 0 Å². The lowest BCUT2D eigenvalue weighted by molar-refractivity contribution is -0.147. The Morgan fingerprint density at radius 3 is 2.14 bits per heavy atom. The molecule has 1 fully saturated rings. The van der Waals surface area contributed by atoms with Gasteiger partial charge in [-0.3, -0.25) is 9.59 Å². The van der Waals surface area contributed by atoms with Gasteiger partial charge in [0.1, 0.15) is 5.57 Å². The zero-order valence-corrected chi connectivity index (χ0v) is 17.7. The van der Waals surface area contributed by atoms with Crippen LogP contribution in [0.25, 0.3) is 17.0 Å². The number of methoxy groups -OCH3 is 1. The van der Waals surface area contributed by atoms with E-state index in [0.29, 0.717) is 26.2 Å². The smallest absolute Gasteiger partial charge is 0.278 e. The quantitative estimate of drug-likeness (QED) is 0.452. The summed E-state index contributed by atoms with van der Waals surface area (Å²) >= 11 is 0. The Morgan fingerprint density at radius 1 is 0.931 bits per heavy atom. The summed E-state index contributed by atoms with van der Waals surface area (Å²) < 4.78 is 7.33. The molecule has 3 rings (SSSR count). The number of rotatable bonds is 10. The molecule has 0 saturated carbocycles. The molecule has 0 spiro atoms. The molecule has 1 aliphatic rings. The second-order valence-electron chi connectivity index (χ2n) is 7.41. The summed E-state index contributed by atoms with van der Waals surface area (Å²) in [6.07, 6.45) is 7.48. The molecule has 29 heavy (non-hydrogen) atoms. The van der Waals surface area contributed by atoms with E-state index >= 15 is 0 Å². The van der Waals surface area contributed by atoms with Gasteiger partial charge in [0, 0.05) is 49.4 Å². The van der Waals surface area contributed by atoms with Gasteiger partial charge in [-0.15, -0.1) is 0 Å². The van der Waals surface area contributed by atoms with Crippen LogP contribution in [0.3, 0.4) is 0 Å². The van der Waals surface area contributed by atoms with Gasteiger partial charge in [-0.2, -0.15) is 0 Å². The summed E-state index contributed by atoms with van der Waals surface area (Å²) in [6.45, 7) is 6.65. The summed E-state index contributed by atoms with van der Waals surface area (Å²) in [5.74, 6) is -0.374. The Morgan fingerprint density at radius 2 is 1.55 bits per heavy atom. The van der Waals surface area contributed by atoms with Crippen molar-refractivity contribution in [2.45, 2.75) is 46.1 Å². The third-order valence-corrected chi connectivity index (χ3v) is 5.32. The number of hydrogen-bond donors (Lipinski definition) is 0. The Hall–Kier alpha value is -2.60. The molecule has 1 aromatic heterocycles. The fourth-order valence-corrected chi connectivity index (χ4v) is 3.69. The van der Waals surface area contributed by atoms with Crippen molar-refractivity contribution in [1.29, 1.82) is 0 Å². The molecule has 2 heterocycles. The normalized spacial score (nSPS) is 14.5. The van der Waals surface area contributed by atoms with Crippen LogP contribution in [0.1, 0.15) is 45.1 Å². The number of fused-ring (bicyclic) bond motifs is 1. The molecular weight excluding hydrogens is 366 g/mol. The first-order valence-electron chi connectivity index (χ1n) is 10.5. The number of unbranched alkanes of at least 4 members (excludes halogenated alkanes) is 2. The van der Waals surface area contributed by atoms with Crippen LogP contribution in [-0.2, 0) is 20.9 Å². The number of amides is 2. The van der Waals surface area contributed by atoms with Crippen molar-refractivity contribution >= 4 is 28.8 Å². The van der Waals surface area contributed by atoms with Crippen LogP contribution in [-0.4, -0.2) is 53.2 Å². The van der Waals surface area contributed by atoms with E-state index in [-0.39, 0.29) is 17.4 Å². The van der Waals surface area contributed by atoms with Gasteiger partial charge in [-0.05, 0) is 25.0 Å². The van der Waals surface area contributed by atoms with Crippen LogP contribution < -0.4 is 0 Å². The van der Waals surface area contributed by atoms with Crippen molar-refractivity contribution in [3.05, 3.63) is 41.6 Å². The summed E-state index contributed by atoms with van der Waals surface area (Å²) in [4.78, 5) is 26.2. The largest absolute Gasteiger partial charge is 0.383 e. The highest BCUT2D eigenvalue weighted by Gasteiger charge is 2.40. The van der Waals surface area contributed by atoms with Gasteiger partial charge in [-0.1, -0.05) is 44.9 Å². The third kappa shape index (κ3) is 4.37. The van der Waals surface area contributed by atoms with Gasteiger partial charge in [0.15, 0.2) is 0 Å². The topological polar surface area (TPSA) is 54.8 Å². The summed E-state index contributed by atoms with van der Waals surface area (Å²) in [5.41, 5.74) is 2.22. The van der Waals surface area contributed by atoms with Gasteiger partial charge >= 0.3 is 0 Å². The average Bonchev–Trinajstić information content (AvgIpc) is 3.19. The molecule has 6 heteroatoms. The second kappa shape index (κ2) is 9.74. The van der Waals surface area contributed by atoms with E-state index in [9.17, 15) is 9.59 Å². The van der Waals surface area contributed by atoms with Gasteiger partial charge in [0.05, 0.1) is 6.61 Å². The van der Waals surface area contributed by atoms with Crippen molar-refractivity contribution in [1.82, 2.24) is 14.6 Å². The Bertz CT molecular complexity index is 872.